The molecule has 0 spiro atoms. The fourth-order valence-corrected chi connectivity index (χ4v) is 3.27. The fraction of sp³-hybridized carbons (Fsp3) is 0.391. The molecule has 0 heterocycles. The molecule has 2 amide bonds. The minimum absolute atomic E-state index is 0.172. The van der Waals surface area contributed by atoms with Crippen LogP contribution in [0.3, 0.4) is 0 Å². The third-order valence-corrected chi connectivity index (χ3v) is 4.90. The van der Waals surface area contributed by atoms with Crippen molar-refractivity contribution in [1.82, 2.24) is 4.90 Å². The maximum Gasteiger partial charge on any atom is 0.239 e. The van der Waals surface area contributed by atoms with E-state index in [0.29, 0.717) is 13.1 Å². The van der Waals surface area contributed by atoms with Crippen molar-refractivity contribution in [2.24, 2.45) is 5.41 Å². The van der Waals surface area contributed by atoms with Gasteiger partial charge >= 0.3 is 0 Å². The summed E-state index contributed by atoms with van der Waals surface area (Å²) in [7, 11) is 0. The van der Waals surface area contributed by atoms with Crippen LogP contribution in [0.5, 0.6) is 0 Å². The zero-order valence-electron chi connectivity index (χ0n) is 17.2. The first-order chi connectivity index (χ1) is 12.7. The second-order valence-corrected chi connectivity index (χ2v) is 7.66. The minimum Gasteiger partial charge on any atom is -0.338 e. The van der Waals surface area contributed by atoms with E-state index in [1.165, 1.54) is 0 Å². The highest BCUT2D eigenvalue weighted by molar-refractivity contribution is 6.10. The largest absolute Gasteiger partial charge is 0.338 e. The Morgan fingerprint density at radius 2 is 1.56 bits per heavy atom. The second-order valence-electron chi connectivity index (χ2n) is 7.66. The Kier molecular flexibility index (Phi) is 6.42. The van der Waals surface area contributed by atoms with Crippen molar-refractivity contribution in [2.45, 2.75) is 48.1 Å². The van der Waals surface area contributed by atoms with Gasteiger partial charge in [0.1, 0.15) is 5.41 Å². The van der Waals surface area contributed by atoms with Crippen molar-refractivity contribution < 1.29 is 9.59 Å². The molecule has 144 valence electrons. The van der Waals surface area contributed by atoms with Crippen molar-refractivity contribution >= 4 is 17.5 Å². The van der Waals surface area contributed by atoms with Gasteiger partial charge in [0.05, 0.1) is 0 Å². The summed E-state index contributed by atoms with van der Waals surface area (Å²) in [4.78, 5) is 27.8. The molecule has 1 N–H and O–H groups in total. The summed E-state index contributed by atoms with van der Waals surface area (Å²) in [6.07, 6.45) is 0. The molecule has 4 nitrogen and oxygen atoms in total. The molecule has 0 saturated heterocycles. The van der Waals surface area contributed by atoms with Crippen molar-refractivity contribution in [2.75, 3.05) is 11.9 Å². The summed E-state index contributed by atoms with van der Waals surface area (Å²) in [5.74, 6) is -0.456. The molecule has 0 aliphatic heterocycles. The smallest absolute Gasteiger partial charge is 0.239 e. The first kappa shape index (κ1) is 20.7. The number of benzene rings is 2. The molecule has 0 unspecified atom stereocenters. The fourth-order valence-electron chi connectivity index (χ4n) is 3.27. The molecule has 0 radical (unpaired) electrons. The number of hydrogen-bond acceptors (Lipinski definition) is 2. The summed E-state index contributed by atoms with van der Waals surface area (Å²) in [5, 5.41) is 2.98. The Morgan fingerprint density at radius 3 is 2.07 bits per heavy atom. The zero-order valence-corrected chi connectivity index (χ0v) is 17.2. The standard InChI is InChI=1S/C23H30N2O2/c1-7-25(15-19-11-9-8-10-12-19)22(27)23(5,6)21(26)24-20-17(3)13-16(2)14-18(20)4/h8-14H,7,15H2,1-6H3,(H,24,26). The molecule has 0 aromatic heterocycles. The highest BCUT2D eigenvalue weighted by Gasteiger charge is 2.39. The lowest BCUT2D eigenvalue weighted by Crippen LogP contribution is -2.47. The van der Waals surface area contributed by atoms with Gasteiger partial charge < -0.3 is 10.2 Å². The Morgan fingerprint density at radius 1 is 1.00 bits per heavy atom. The highest BCUT2D eigenvalue weighted by Crippen LogP contribution is 2.27. The summed E-state index contributed by atoms with van der Waals surface area (Å²) < 4.78 is 0. The van der Waals surface area contributed by atoms with Crippen LogP contribution in [-0.4, -0.2) is 23.3 Å². The Hall–Kier alpha value is -2.62. The van der Waals surface area contributed by atoms with E-state index in [-0.39, 0.29) is 11.8 Å². The quantitative estimate of drug-likeness (QED) is 0.758. The van der Waals surface area contributed by atoms with Crippen molar-refractivity contribution in [3.8, 4) is 0 Å². The van der Waals surface area contributed by atoms with Gasteiger partial charge in [-0.1, -0.05) is 48.0 Å². The van der Waals surface area contributed by atoms with Crippen LogP contribution < -0.4 is 5.32 Å². The SMILES string of the molecule is CCN(Cc1ccccc1)C(=O)C(C)(C)C(=O)Nc1c(C)cc(C)cc1C. The number of carbonyl (C=O) groups is 2. The maximum absolute atomic E-state index is 13.1. The van der Waals surface area contributed by atoms with Crippen molar-refractivity contribution in [3.05, 3.63) is 64.7 Å². The van der Waals surface area contributed by atoms with E-state index in [4.69, 9.17) is 0 Å². The summed E-state index contributed by atoms with van der Waals surface area (Å²) in [5.41, 5.74) is 3.83. The second kappa shape index (κ2) is 8.38. The topological polar surface area (TPSA) is 49.4 Å². The normalized spacial score (nSPS) is 11.2. The predicted octanol–water partition coefficient (Wildman–Crippen LogP) is 4.63. The molecule has 0 aliphatic rings. The van der Waals surface area contributed by atoms with E-state index in [1.807, 2.05) is 70.2 Å². The van der Waals surface area contributed by atoms with Crippen molar-refractivity contribution in [3.63, 3.8) is 0 Å². The van der Waals surface area contributed by atoms with E-state index in [9.17, 15) is 9.59 Å². The number of nitrogens with one attached hydrogen (secondary N) is 1. The predicted molar refractivity (Wildman–Crippen MR) is 111 cm³/mol. The number of anilines is 1. The van der Waals surface area contributed by atoms with Crippen LogP contribution >= 0.6 is 0 Å². The molecular weight excluding hydrogens is 336 g/mol. The first-order valence-corrected chi connectivity index (χ1v) is 9.39. The molecule has 4 heteroatoms. The third kappa shape index (κ3) is 4.76. The van der Waals surface area contributed by atoms with Gasteiger partial charge in [-0.25, -0.2) is 0 Å². The Balaban J connectivity index is 2.20. The molecule has 27 heavy (non-hydrogen) atoms. The average Bonchev–Trinajstić information content (AvgIpc) is 2.62. The van der Waals surface area contributed by atoms with Gasteiger partial charge in [-0.3, -0.25) is 9.59 Å². The van der Waals surface area contributed by atoms with Gasteiger partial charge in [-0.15, -0.1) is 0 Å². The summed E-state index contributed by atoms with van der Waals surface area (Å²) in [6.45, 7) is 12.3. The number of hydrogen-bond donors (Lipinski definition) is 1. The first-order valence-electron chi connectivity index (χ1n) is 9.39. The van der Waals surface area contributed by atoms with E-state index >= 15 is 0 Å². The van der Waals surface area contributed by atoms with Crippen molar-refractivity contribution in [1.29, 1.82) is 0 Å². The van der Waals surface area contributed by atoms with Crippen LogP contribution in [-0.2, 0) is 16.1 Å². The lowest BCUT2D eigenvalue weighted by atomic mass is 9.89. The van der Waals surface area contributed by atoms with E-state index in [2.05, 4.69) is 5.32 Å². The summed E-state index contributed by atoms with van der Waals surface area (Å²) >= 11 is 0. The molecule has 0 fully saturated rings. The Labute approximate surface area is 162 Å². The molecule has 0 atom stereocenters. The van der Waals surface area contributed by atoms with E-state index in [0.717, 1.165) is 27.9 Å². The molecule has 0 bridgehead atoms. The number of aryl methyl sites for hydroxylation is 3. The maximum atomic E-state index is 13.1. The number of nitrogens with zero attached hydrogens (tertiary/aromatic N) is 1. The lowest BCUT2D eigenvalue weighted by Gasteiger charge is -2.31. The molecule has 0 aliphatic carbocycles. The number of rotatable bonds is 6. The van der Waals surface area contributed by atoms with Crippen LogP contribution in [0.2, 0.25) is 0 Å². The van der Waals surface area contributed by atoms with Gasteiger partial charge in [0.2, 0.25) is 11.8 Å². The summed E-state index contributed by atoms with van der Waals surface area (Å²) in [6, 6.07) is 13.9. The van der Waals surface area contributed by atoms with Gasteiger partial charge in [0.15, 0.2) is 0 Å². The molecule has 2 aromatic carbocycles. The zero-order chi connectivity index (χ0) is 20.2. The molecule has 2 rings (SSSR count). The highest BCUT2D eigenvalue weighted by atomic mass is 16.2. The monoisotopic (exact) mass is 366 g/mol. The van der Waals surface area contributed by atoms with Crippen LogP contribution in [0.15, 0.2) is 42.5 Å². The van der Waals surface area contributed by atoms with E-state index < -0.39 is 5.41 Å². The van der Waals surface area contributed by atoms with Gasteiger partial charge in [0, 0.05) is 18.8 Å². The number of carbonyl (C=O) groups excluding carboxylic acids is 2. The Bertz CT molecular complexity index is 803. The number of amides is 2. The molecular formula is C23H30N2O2. The van der Waals surface area contributed by atoms with Crippen LogP contribution in [0.4, 0.5) is 5.69 Å². The van der Waals surface area contributed by atoms with E-state index in [1.54, 1.807) is 18.7 Å². The third-order valence-electron chi connectivity index (χ3n) is 4.90. The molecule has 0 saturated carbocycles. The van der Waals surface area contributed by atoms with Gasteiger partial charge in [0.25, 0.3) is 0 Å². The van der Waals surface area contributed by atoms with Crippen LogP contribution in [0.25, 0.3) is 0 Å². The van der Waals surface area contributed by atoms with Gasteiger partial charge in [-0.05, 0) is 58.2 Å². The van der Waals surface area contributed by atoms with Crippen LogP contribution in [0, 0.1) is 26.2 Å². The lowest BCUT2D eigenvalue weighted by molar-refractivity contribution is -0.146. The van der Waals surface area contributed by atoms with Gasteiger partial charge in [-0.2, -0.15) is 0 Å². The van der Waals surface area contributed by atoms with Crippen LogP contribution in [0.1, 0.15) is 43.0 Å². The molecule has 2 aromatic rings. The minimum atomic E-state index is -1.16. The average molecular weight is 367 g/mol.